The molecule has 1 rings (SSSR count). The van der Waals surface area contributed by atoms with Crippen LogP contribution in [0.4, 0.5) is 17.6 Å². The number of hydrogen-bond donors (Lipinski definition) is 1. The van der Waals surface area contributed by atoms with Gasteiger partial charge in [0.15, 0.2) is 23.3 Å². The molecular weight excluding hydrogens is 366 g/mol. The zero-order valence-corrected chi connectivity index (χ0v) is 13.7. The average molecular weight is 378 g/mol. The smallest absolute Gasteiger partial charge is 0.321 e. The first kappa shape index (κ1) is 19.7. The lowest BCUT2D eigenvalue weighted by atomic mass is 10.2. The summed E-state index contributed by atoms with van der Waals surface area (Å²) in [6.07, 6.45) is 0. The first-order chi connectivity index (χ1) is 10.3. The molecule has 0 aliphatic heterocycles. The van der Waals surface area contributed by atoms with Crippen molar-refractivity contribution in [3.63, 3.8) is 0 Å². The summed E-state index contributed by atoms with van der Waals surface area (Å²) >= 11 is 5.23. The Bertz CT molecular complexity index is 717. The maximum absolute atomic E-state index is 13.6. The molecule has 0 saturated carbocycles. The normalized spacial score (nSPS) is 12.3. The minimum atomic E-state index is -4.94. The molecule has 0 fully saturated rings. The Morgan fingerprint density at radius 2 is 1.57 bits per heavy atom. The summed E-state index contributed by atoms with van der Waals surface area (Å²) in [6, 6.07) is 0. The van der Waals surface area contributed by atoms with Crippen LogP contribution in [0.25, 0.3) is 0 Å². The summed E-state index contributed by atoms with van der Waals surface area (Å²) in [7, 11) is -4.94. The van der Waals surface area contributed by atoms with Crippen molar-refractivity contribution in [3.05, 3.63) is 28.3 Å². The number of benzene rings is 1. The minimum absolute atomic E-state index is 0.917. The maximum Gasteiger partial charge on any atom is 0.321 e. The highest BCUT2D eigenvalue weighted by Crippen LogP contribution is 2.31. The van der Waals surface area contributed by atoms with E-state index in [9.17, 15) is 30.8 Å². The van der Waals surface area contributed by atoms with Crippen molar-refractivity contribution >= 4 is 27.6 Å². The van der Waals surface area contributed by atoms with Gasteiger partial charge in [0.05, 0.1) is 0 Å². The fourth-order valence-corrected chi connectivity index (χ4v) is 3.00. The highest BCUT2D eigenvalue weighted by Gasteiger charge is 2.32. The first-order valence-corrected chi connectivity index (χ1v) is 7.87. The molecule has 0 aromatic heterocycles. The lowest BCUT2D eigenvalue weighted by molar-refractivity contribution is -0.153. The third-order valence-electron chi connectivity index (χ3n) is 2.26. The van der Waals surface area contributed by atoms with Crippen LogP contribution >= 0.6 is 11.6 Å². The number of sulfonamides is 1. The van der Waals surface area contributed by atoms with E-state index < -0.39 is 61.3 Å². The number of hydrogen-bond acceptors (Lipinski definition) is 4. The molecule has 0 aliphatic carbocycles. The highest BCUT2D eigenvalue weighted by molar-refractivity contribution is 7.89. The number of ether oxygens (including phenoxy) is 1. The second kappa shape index (κ2) is 6.62. The van der Waals surface area contributed by atoms with E-state index in [4.69, 9.17) is 16.3 Å². The zero-order chi connectivity index (χ0) is 18.2. The van der Waals surface area contributed by atoms with Crippen molar-refractivity contribution in [1.82, 2.24) is 4.72 Å². The van der Waals surface area contributed by atoms with Crippen molar-refractivity contribution in [2.24, 2.45) is 0 Å². The number of rotatable bonds is 4. The third-order valence-corrected chi connectivity index (χ3v) is 4.18. The molecule has 1 N–H and O–H groups in total. The molecule has 0 unspecified atom stereocenters. The van der Waals surface area contributed by atoms with Crippen molar-refractivity contribution in [2.75, 3.05) is 6.54 Å². The molecule has 0 amide bonds. The van der Waals surface area contributed by atoms with Gasteiger partial charge in [-0.25, -0.2) is 26.0 Å². The topological polar surface area (TPSA) is 72.5 Å². The van der Waals surface area contributed by atoms with E-state index in [1.807, 2.05) is 0 Å². The molecule has 0 heterocycles. The van der Waals surface area contributed by atoms with Crippen LogP contribution in [0, 0.1) is 23.3 Å². The van der Waals surface area contributed by atoms with Gasteiger partial charge in [-0.1, -0.05) is 11.6 Å². The van der Waals surface area contributed by atoms with Gasteiger partial charge in [0.2, 0.25) is 10.0 Å². The van der Waals surface area contributed by atoms with Crippen molar-refractivity contribution < 1.29 is 35.5 Å². The van der Waals surface area contributed by atoms with E-state index in [0.717, 1.165) is 0 Å². The van der Waals surface area contributed by atoms with E-state index >= 15 is 0 Å². The Morgan fingerprint density at radius 1 is 1.09 bits per heavy atom. The zero-order valence-electron chi connectivity index (χ0n) is 12.1. The summed E-state index contributed by atoms with van der Waals surface area (Å²) in [4.78, 5) is 9.77. The Balaban J connectivity index is 3.14. The largest absolute Gasteiger partial charge is 0.459 e. The Kier molecular flexibility index (Phi) is 5.65. The monoisotopic (exact) mass is 377 g/mol. The van der Waals surface area contributed by atoms with Gasteiger partial charge < -0.3 is 4.74 Å². The molecule has 0 saturated heterocycles. The van der Waals surface area contributed by atoms with Gasteiger partial charge in [-0.05, 0) is 20.8 Å². The summed E-state index contributed by atoms with van der Waals surface area (Å²) in [5, 5.41) is -1.47. The van der Waals surface area contributed by atoms with Crippen LogP contribution in [-0.4, -0.2) is 26.5 Å². The fraction of sp³-hybridized carbons (Fsp3) is 0.417. The van der Waals surface area contributed by atoms with E-state index in [0.29, 0.717) is 0 Å². The first-order valence-electron chi connectivity index (χ1n) is 6.01. The van der Waals surface area contributed by atoms with E-state index in [-0.39, 0.29) is 0 Å². The maximum atomic E-state index is 13.6. The van der Waals surface area contributed by atoms with Gasteiger partial charge in [-0.15, -0.1) is 0 Å². The molecule has 130 valence electrons. The van der Waals surface area contributed by atoms with Crippen molar-refractivity contribution in [3.8, 4) is 0 Å². The Hall–Kier alpha value is -1.39. The third kappa shape index (κ3) is 4.55. The lowest BCUT2D eigenvalue weighted by Crippen LogP contribution is -2.35. The fourth-order valence-electron chi connectivity index (χ4n) is 1.42. The van der Waals surface area contributed by atoms with Gasteiger partial charge in [-0.2, -0.15) is 4.72 Å². The van der Waals surface area contributed by atoms with E-state index in [1.165, 1.54) is 20.8 Å². The van der Waals surface area contributed by atoms with Crippen molar-refractivity contribution in [1.29, 1.82) is 0 Å². The molecule has 0 radical (unpaired) electrons. The second-order valence-electron chi connectivity index (χ2n) is 5.31. The summed E-state index contributed by atoms with van der Waals surface area (Å²) < 4.78 is 83.1. The molecule has 23 heavy (non-hydrogen) atoms. The SMILES string of the molecule is CC(C)(C)OC(=O)CNS(=O)(=O)c1c(F)c(F)c(F)c(F)c1Cl. The van der Waals surface area contributed by atoms with Crippen LogP contribution in [-0.2, 0) is 19.6 Å². The Labute approximate surface area is 134 Å². The summed E-state index contributed by atoms with van der Waals surface area (Å²) in [6.45, 7) is 3.60. The summed E-state index contributed by atoms with van der Waals surface area (Å²) in [5.41, 5.74) is -0.917. The number of halogens is 5. The van der Waals surface area contributed by atoms with Crippen LogP contribution in [0.1, 0.15) is 20.8 Å². The molecule has 11 heteroatoms. The number of carbonyl (C=O) groups is 1. The van der Waals surface area contributed by atoms with E-state index in [1.54, 1.807) is 4.72 Å². The van der Waals surface area contributed by atoms with Crippen LogP contribution in [0.15, 0.2) is 4.90 Å². The lowest BCUT2D eigenvalue weighted by Gasteiger charge is -2.19. The minimum Gasteiger partial charge on any atom is -0.459 e. The van der Waals surface area contributed by atoms with Crippen molar-refractivity contribution in [2.45, 2.75) is 31.3 Å². The van der Waals surface area contributed by atoms with Crippen LogP contribution < -0.4 is 4.72 Å². The molecular formula is C12H12ClF4NO4S. The van der Waals surface area contributed by atoms with Gasteiger partial charge >= 0.3 is 5.97 Å². The predicted molar refractivity (Wildman–Crippen MR) is 72.3 cm³/mol. The highest BCUT2D eigenvalue weighted by atomic mass is 35.5. The van der Waals surface area contributed by atoms with E-state index in [2.05, 4.69) is 0 Å². The predicted octanol–water partition coefficient (Wildman–Crippen LogP) is 2.52. The molecule has 0 spiro atoms. The molecule has 0 aliphatic rings. The molecule has 1 aromatic carbocycles. The number of esters is 1. The van der Waals surface area contributed by atoms with Gasteiger partial charge in [-0.3, -0.25) is 4.79 Å². The number of nitrogens with one attached hydrogen (secondary N) is 1. The molecule has 0 bridgehead atoms. The van der Waals surface area contributed by atoms with Gasteiger partial charge in [0.1, 0.15) is 22.1 Å². The Morgan fingerprint density at radius 3 is 2.04 bits per heavy atom. The summed E-state index contributed by atoms with van der Waals surface area (Å²) in [5.74, 6) is -9.89. The standard InChI is InChI=1S/C12H12ClF4NO4S/c1-12(2,3)22-5(19)4-18-23(20,21)11-6(13)7(14)8(15)9(16)10(11)17/h18H,4H2,1-3H3. The quantitative estimate of drug-likeness (QED) is 0.379. The second-order valence-corrected chi connectivity index (χ2v) is 7.39. The van der Waals surface area contributed by atoms with Crippen LogP contribution in [0.2, 0.25) is 5.02 Å². The molecule has 5 nitrogen and oxygen atoms in total. The van der Waals surface area contributed by atoms with Crippen LogP contribution in [0.5, 0.6) is 0 Å². The molecule has 0 atom stereocenters. The van der Waals surface area contributed by atoms with Gasteiger partial charge in [0, 0.05) is 0 Å². The average Bonchev–Trinajstić information content (AvgIpc) is 2.39. The van der Waals surface area contributed by atoms with Crippen LogP contribution in [0.3, 0.4) is 0 Å². The van der Waals surface area contributed by atoms with Gasteiger partial charge in [0.25, 0.3) is 0 Å². The number of carbonyl (C=O) groups excluding carboxylic acids is 1. The molecule has 1 aromatic rings.